The zero-order valence-electron chi connectivity index (χ0n) is 18.4. The monoisotopic (exact) mass is 450 g/mol. The molecular weight excluding hydrogens is 427 g/mol. The Morgan fingerprint density at radius 3 is 2.59 bits per heavy atom. The van der Waals surface area contributed by atoms with E-state index in [2.05, 4.69) is 16.4 Å². The van der Waals surface area contributed by atoms with Crippen LogP contribution in [0, 0.1) is 5.82 Å². The summed E-state index contributed by atoms with van der Waals surface area (Å²) in [6.45, 7) is 0.527. The predicted molar refractivity (Wildman–Crippen MR) is 133 cm³/mol. The van der Waals surface area contributed by atoms with Crippen molar-refractivity contribution in [1.82, 2.24) is 20.1 Å². The number of amides is 1. The number of nitrogens with zero attached hydrogens (tertiary/aromatic N) is 2. The quantitative estimate of drug-likeness (QED) is 0.320. The van der Waals surface area contributed by atoms with E-state index < -0.39 is 0 Å². The molecule has 0 radical (unpaired) electrons. The number of carbonyl (C=O) groups is 1. The van der Waals surface area contributed by atoms with Crippen LogP contribution >= 0.6 is 0 Å². The Balaban J connectivity index is 1.32. The molecule has 0 aliphatic carbocycles. The molecule has 1 amide bonds. The normalized spacial score (nSPS) is 11.3. The van der Waals surface area contributed by atoms with Gasteiger partial charge in [0.1, 0.15) is 5.82 Å². The van der Waals surface area contributed by atoms with E-state index in [0.29, 0.717) is 12.2 Å². The van der Waals surface area contributed by atoms with Gasteiger partial charge in [0.2, 0.25) is 5.91 Å². The average molecular weight is 451 g/mol. The van der Waals surface area contributed by atoms with Crippen LogP contribution < -0.4 is 5.32 Å². The highest BCUT2D eigenvalue weighted by atomic mass is 19.1. The van der Waals surface area contributed by atoms with Crippen molar-refractivity contribution in [2.45, 2.75) is 6.42 Å². The van der Waals surface area contributed by atoms with E-state index in [4.69, 9.17) is 5.10 Å². The van der Waals surface area contributed by atoms with Gasteiger partial charge in [-0.05, 0) is 60.5 Å². The van der Waals surface area contributed by atoms with E-state index in [9.17, 15) is 9.18 Å². The summed E-state index contributed by atoms with van der Waals surface area (Å²) in [4.78, 5) is 15.7. The molecule has 0 bridgehead atoms. The summed E-state index contributed by atoms with van der Waals surface area (Å²) in [5, 5.41) is 8.81. The lowest BCUT2D eigenvalue weighted by molar-refractivity contribution is -0.116. The maximum Gasteiger partial charge on any atom is 0.244 e. The topological polar surface area (TPSA) is 62.7 Å². The number of aromatic amines is 1. The molecule has 5 nitrogen and oxygen atoms in total. The first-order valence-electron chi connectivity index (χ1n) is 11.1. The number of fused-ring (bicyclic) bond motifs is 1. The molecule has 2 N–H and O–H groups in total. The lowest BCUT2D eigenvalue weighted by Gasteiger charge is -2.02. The Bertz CT molecular complexity index is 1450. The highest BCUT2D eigenvalue weighted by Gasteiger charge is 2.11. The molecule has 3 aromatic carbocycles. The van der Waals surface area contributed by atoms with Gasteiger partial charge in [0.25, 0.3) is 0 Å². The minimum atomic E-state index is -0.307. The lowest BCUT2D eigenvalue weighted by atomic mass is 10.1. The molecule has 6 heteroatoms. The summed E-state index contributed by atoms with van der Waals surface area (Å²) in [6.07, 6.45) is 7.83. The molecule has 0 saturated carbocycles. The highest BCUT2D eigenvalue weighted by Crippen LogP contribution is 2.25. The van der Waals surface area contributed by atoms with Gasteiger partial charge in [-0.2, -0.15) is 5.10 Å². The number of H-pyrrole nitrogens is 1. The lowest BCUT2D eigenvalue weighted by Crippen LogP contribution is -2.23. The zero-order valence-corrected chi connectivity index (χ0v) is 18.4. The molecule has 5 aromatic rings. The van der Waals surface area contributed by atoms with Crippen LogP contribution in [-0.4, -0.2) is 27.2 Å². The van der Waals surface area contributed by atoms with E-state index >= 15 is 0 Å². The fourth-order valence-electron chi connectivity index (χ4n) is 3.94. The van der Waals surface area contributed by atoms with Gasteiger partial charge in [0, 0.05) is 47.0 Å². The molecule has 168 valence electrons. The SMILES string of the molecule is O=C(/C=C/c1cn(-c2ccccc2)nc1-c1ccc(F)cc1)NCCc1c[nH]c2ccccc12. The first-order valence-corrected chi connectivity index (χ1v) is 11.1. The van der Waals surface area contributed by atoms with Gasteiger partial charge in [-0.3, -0.25) is 4.79 Å². The number of rotatable bonds is 7. The largest absolute Gasteiger partial charge is 0.361 e. The number of hydrogen-bond donors (Lipinski definition) is 2. The maximum atomic E-state index is 13.4. The Labute approximate surface area is 196 Å². The predicted octanol–water partition coefficient (Wildman–Crippen LogP) is 5.53. The van der Waals surface area contributed by atoms with E-state index in [-0.39, 0.29) is 11.7 Å². The van der Waals surface area contributed by atoms with Crippen molar-refractivity contribution in [2.75, 3.05) is 6.54 Å². The number of halogens is 1. The van der Waals surface area contributed by atoms with E-state index in [0.717, 1.165) is 28.8 Å². The highest BCUT2D eigenvalue weighted by molar-refractivity contribution is 5.93. The Morgan fingerprint density at radius 1 is 1.00 bits per heavy atom. The zero-order chi connectivity index (χ0) is 23.3. The van der Waals surface area contributed by atoms with Crippen molar-refractivity contribution in [2.24, 2.45) is 0 Å². The summed E-state index contributed by atoms with van der Waals surface area (Å²) >= 11 is 0. The second-order valence-corrected chi connectivity index (χ2v) is 7.95. The third-order valence-corrected chi connectivity index (χ3v) is 5.66. The molecule has 0 aliphatic rings. The van der Waals surface area contributed by atoms with Crippen LogP contribution in [0.4, 0.5) is 4.39 Å². The van der Waals surface area contributed by atoms with Gasteiger partial charge in [-0.1, -0.05) is 36.4 Å². The number of carbonyl (C=O) groups excluding carboxylic acids is 1. The molecule has 0 saturated heterocycles. The van der Waals surface area contributed by atoms with Crippen LogP contribution in [0.15, 0.2) is 97.3 Å². The second-order valence-electron chi connectivity index (χ2n) is 7.95. The molecule has 0 aliphatic heterocycles. The third-order valence-electron chi connectivity index (χ3n) is 5.66. The van der Waals surface area contributed by atoms with Gasteiger partial charge in [0.05, 0.1) is 11.4 Å². The van der Waals surface area contributed by atoms with Crippen LogP contribution in [0.1, 0.15) is 11.1 Å². The van der Waals surface area contributed by atoms with Crippen LogP contribution in [0.25, 0.3) is 33.9 Å². The minimum absolute atomic E-state index is 0.183. The first kappa shape index (κ1) is 21.4. The Morgan fingerprint density at radius 2 is 1.76 bits per heavy atom. The van der Waals surface area contributed by atoms with E-state index in [1.165, 1.54) is 29.2 Å². The molecular formula is C28H23FN4O. The van der Waals surface area contributed by atoms with Gasteiger partial charge < -0.3 is 10.3 Å². The molecule has 5 rings (SSSR count). The van der Waals surface area contributed by atoms with Crippen LogP contribution in [0.2, 0.25) is 0 Å². The summed E-state index contributed by atoms with van der Waals surface area (Å²) in [5.74, 6) is -0.490. The van der Waals surface area contributed by atoms with Crippen LogP contribution in [-0.2, 0) is 11.2 Å². The molecule has 0 unspecified atom stereocenters. The number of aromatic nitrogens is 3. The van der Waals surface area contributed by atoms with Crippen molar-refractivity contribution >= 4 is 22.9 Å². The van der Waals surface area contributed by atoms with Crippen molar-refractivity contribution in [1.29, 1.82) is 0 Å². The fraction of sp³-hybridized carbons (Fsp3) is 0.0714. The summed E-state index contributed by atoms with van der Waals surface area (Å²) in [5.41, 5.74) is 5.37. The number of para-hydroxylation sites is 2. The minimum Gasteiger partial charge on any atom is -0.361 e. The molecule has 0 fully saturated rings. The van der Waals surface area contributed by atoms with Gasteiger partial charge in [-0.25, -0.2) is 9.07 Å². The van der Waals surface area contributed by atoms with E-state index in [1.807, 2.05) is 60.9 Å². The summed E-state index contributed by atoms with van der Waals surface area (Å²) in [6, 6.07) is 24.0. The fourth-order valence-corrected chi connectivity index (χ4v) is 3.94. The van der Waals surface area contributed by atoms with Gasteiger partial charge in [0.15, 0.2) is 0 Å². The van der Waals surface area contributed by atoms with Crippen molar-refractivity contribution in [3.8, 4) is 16.9 Å². The summed E-state index contributed by atoms with van der Waals surface area (Å²) < 4.78 is 15.2. The molecule has 0 atom stereocenters. The van der Waals surface area contributed by atoms with Gasteiger partial charge in [-0.15, -0.1) is 0 Å². The van der Waals surface area contributed by atoms with Gasteiger partial charge >= 0.3 is 0 Å². The Hall–Kier alpha value is -4.45. The molecule has 2 heterocycles. The maximum absolute atomic E-state index is 13.4. The summed E-state index contributed by atoms with van der Waals surface area (Å²) in [7, 11) is 0. The molecule has 34 heavy (non-hydrogen) atoms. The molecule has 2 aromatic heterocycles. The van der Waals surface area contributed by atoms with Crippen molar-refractivity contribution < 1.29 is 9.18 Å². The second kappa shape index (κ2) is 9.58. The standard InChI is InChI=1S/C28H23FN4O/c29-23-13-10-20(11-14-23)28-22(19-33(32-28)24-6-2-1-3-7-24)12-15-27(34)30-17-16-21-18-31-26-9-5-4-8-25(21)26/h1-15,18-19,31H,16-17H2,(H,30,34)/b15-12+. The average Bonchev–Trinajstić information content (AvgIpc) is 3.49. The molecule has 0 spiro atoms. The van der Waals surface area contributed by atoms with Crippen molar-refractivity contribution in [3.63, 3.8) is 0 Å². The Kier molecular flexibility index (Phi) is 6.03. The van der Waals surface area contributed by atoms with E-state index in [1.54, 1.807) is 22.9 Å². The van der Waals surface area contributed by atoms with Crippen LogP contribution in [0.5, 0.6) is 0 Å². The number of hydrogen-bond acceptors (Lipinski definition) is 2. The number of nitrogens with one attached hydrogen (secondary N) is 2. The van der Waals surface area contributed by atoms with Crippen LogP contribution in [0.3, 0.4) is 0 Å². The first-order chi connectivity index (χ1) is 16.7. The smallest absolute Gasteiger partial charge is 0.244 e. The van der Waals surface area contributed by atoms with Crippen molar-refractivity contribution in [3.05, 3.63) is 114 Å². The number of benzene rings is 3. The third kappa shape index (κ3) is 4.66.